The fourth-order valence-corrected chi connectivity index (χ4v) is 4.12. The van der Waals surface area contributed by atoms with Crippen LogP contribution in [0.1, 0.15) is 12.5 Å². The first-order valence-corrected chi connectivity index (χ1v) is 11.2. The second-order valence-electron chi connectivity index (χ2n) is 7.41. The minimum absolute atomic E-state index is 0.0722. The van der Waals surface area contributed by atoms with E-state index in [1.165, 1.54) is 26.2 Å². The van der Waals surface area contributed by atoms with E-state index in [2.05, 4.69) is 10.6 Å². The van der Waals surface area contributed by atoms with Gasteiger partial charge in [-0.05, 0) is 41.5 Å². The van der Waals surface area contributed by atoms with Gasteiger partial charge >= 0.3 is 0 Å². The van der Waals surface area contributed by atoms with Gasteiger partial charge in [-0.1, -0.05) is 48.5 Å². The van der Waals surface area contributed by atoms with Crippen molar-refractivity contribution in [1.82, 2.24) is 9.62 Å². The molecule has 2 N–H and O–H groups in total. The Bertz CT molecular complexity index is 1220. The van der Waals surface area contributed by atoms with E-state index < -0.39 is 22.0 Å². The second-order valence-corrected chi connectivity index (χ2v) is 9.56. The number of rotatable bonds is 7. The molecule has 0 saturated heterocycles. The third-order valence-electron chi connectivity index (χ3n) is 4.88. The lowest BCUT2D eigenvalue weighted by molar-refractivity contribution is -0.125. The number of amides is 2. The minimum atomic E-state index is -3.61. The molecule has 0 fully saturated rings. The van der Waals surface area contributed by atoms with E-state index in [4.69, 9.17) is 0 Å². The summed E-state index contributed by atoms with van der Waals surface area (Å²) in [5, 5.41) is 7.40. The quantitative estimate of drug-likeness (QED) is 0.592. The van der Waals surface area contributed by atoms with E-state index in [9.17, 15) is 18.0 Å². The molecule has 0 radical (unpaired) electrons. The zero-order valence-electron chi connectivity index (χ0n) is 17.6. The molecule has 2 amide bonds. The van der Waals surface area contributed by atoms with Crippen LogP contribution in [0.15, 0.2) is 71.6 Å². The van der Waals surface area contributed by atoms with Gasteiger partial charge in [0.15, 0.2) is 0 Å². The lowest BCUT2D eigenvalue weighted by Gasteiger charge is -2.16. The Balaban J connectivity index is 1.65. The van der Waals surface area contributed by atoms with Crippen LogP contribution in [0.2, 0.25) is 0 Å². The summed E-state index contributed by atoms with van der Waals surface area (Å²) in [6.45, 7) is 1.58. The molecule has 3 aromatic carbocycles. The highest BCUT2D eigenvalue weighted by molar-refractivity contribution is 7.89. The van der Waals surface area contributed by atoms with Gasteiger partial charge in [0.1, 0.15) is 6.04 Å². The van der Waals surface area contributed by atoms with Gasteiger partial charge in [-0.2, -0.15) is 0 Å². The van der Waals surface area contributed by atoms with Crippen LogP contribution in [-0.4, -0.2) is 44.7 Å². The summed E-state index contributed by atoms with van der Waals surface area (Å²) >= 11 is 0. The molecule has 3 rings (SSSR count). The molecule has 1 atom stereocenters. The SMILES string of the molecule is CC(NC(=O)Cc1cccc2ccccc12)C(=O)Nc1cccc(S(=O)(=O)N(C)C)c1. The maximum Gasteiger partial charge on any atom is 0.246 e. The largest absolute Gasteiger partial charge is 0.344 e. The van der Waals surface area contributed by atoms with Gasteiger partial charge in [0.2, 0.25) is 21.8 Å². The summed E-state index contributed by atoms with van der Waals surface area (Å²) in [6, 6.07) is 18.8. The zero-order valence-corrected chi connectivity index (χ0v) is 18.4. The van der Waals surface area contributed by atoms with E-state index in [-0.39, 0.29) is 17.2 Å². The van der Waals surface area contributed by atoms with Crippen molar-refractivity contribution >= 4 is 38.3 Å². The Labute approximate surface area is 182 Å². The van der Waals surface area contributed by atoms with Gasteiger partial charge in [-0.3, -0.25) is 9.59 Å². The minimum Gasteiger partial charge on any atom is -0.344 e. The monoisotopic (exact) mass is 439 g/mol. The fraction of sp³-hybridized carbons (Fsp3) is 0.217. The fourth-order valence-electron chi connectivity index (χ4n) is 3.17. The van der Waals surface area contributed by atoms with Gasteiger partial charge in [0.25, 0.3) is 0 Å². The Hall–Kier alpha value is -3.23. The first-order valence-electron chi connectivity index (χ1n) is 9.78. The molecular weight excluding hydrogens is 414 g/mol. The molecule has 0 bridgehead atoms. The van der Waals surface area contributed by atoms with Gasteiger partial charge in [-0.15, -0.1) is 0 Å². The van der Waals surface area contributed by atoms with E-state index in [1.54, 1.807) is 19.1 Å². The second kappa shape index (κ2) is 9.28. The average Bonchev–Trinajstić information content (AvgIpc) is 2.74. The predicted octanol–water partition coefficient (Wildman–Crippen LogP) is 2.78. The number of nitrogens with zero attached hydrogens (tertiary/aromatic N) is 1. The summed E-state index contributed by atoms with van der Waals surface area (Å²) in [4.78, 5) is 25.1. The Kier molecular flexibility index (Phi) is 6.72. The number of carbonyl (C=O) groups is 2. The molecule has 0 aliphatic heterocycles. The Morgan fingerprint density at radius 2 is 1.65 bits per heavy atom. The molecule has 7 nitrogen and oxygen atoms in total. The van der Waals surface area contributed by atoms with Crippen molar-refractivity contribution in [3.8, 4) is 0 Å². The molecule has 1 unspecified atom stereocenters. The Morgan fingerprint density at radius 1 is 0.968 bits per heavy atom. The molecule has 0 saturated carbocycles. The highest BCUT2D eigenvalue weighted by Crippen LogP contribution is 2.20. The number of carbonyl (C=O) groups excluding carboxylic acids is 2. The van der Waals surface area contributed by atoms with E-state index in [1.807, 2.05) is 42.5 Å². The van der Waals surface area contributed by atoms with Crippen LogP contribution in [0.25, 0.3) is 10.8 Å². The molecule has 31 heavy (non-hydrogen) atoms. The first-order chi connectivity index (χ1) is 14.7. The summed E-state index contributed by atoms with van der Waals surface area (Å²) in [7, 11) is -0.737. The van der Waals surface area contributed by atoms with E-state index in [0.29, 0.717) is 5.69 Å². The first kappa shape index (κ1) is 22.5. The number of anilines is 1. The maximum absolute atomic E-state index is 12.5. The van der Waals surface area contributed by atoms with Gasteiger partial charge < -0.3 is 10.6 Å². The highest BCUT2D eigenvalue weighted by atomic mass is 32.2. The molecular formula is C23H25N3O4S. The maximum atomic E-state index is 12.5. The van der Waals surface area contributed by atoms with Crippen LogP contribution in [-0.2, 0) is 26.0 Å². The summed E-state index contributed by atoms with van der Waals surface area (Å²) in [5.74, 6) is -0.714. The standard InChI is InChI=1S/C23H25N3O4S/c1-16(23(28)25-19-11-7-12-20(15-19)31(29,30)26(2)3)24-22(27)14-18-10-6-9-17-8-4-5-13-21(17)18/h4-13,15-16H,14H2,1-3H3,(H,24,27)(H,25,28). The third-order valence-corrected chi connectivity index (χ3v) is 6.69. The molecule has 0 aromatic heterocycles. The lowest BCUT2D eigenvalue weighted by atomic mass is 10.0. The highest BCUT2D eigenvalue weighted by Gasteiger charge is 2.20. The molecule has 0 aliphatic rings. The number of hydrogen-bond acceptors (Lipinski definition) is 4. The predicted molar refractivity (Wildman–Crippen MR) is 121 cm³/mol. The van der Waals surface area contributed by atoms with Crippen molar-refractivity contribution in [2.24, 2.45) is 0 Å². The van der Waals surface area contributed by atoms with Crippen molar-refractivity contribution in [3.05, 3.63) is 72.3 Å². The summed E-state index contributed by atoms with van der Waals surface area (Å²) < 4.78 is 25.6. The molecule has 0 aliphatic carbocycles. The summed E-state index contributed by atoms with van der Waals surface area (Å²) in [5.41, 5.74) is 1.22. The average molecular weight is 440 g/mol. The van der Waals surface area contributed by atoms with Crippen LogP contribution in [0.3, 0.4) is 0 Å². The van der Waals surface area contributed by atoms with Crippen molar-refractivity contribution in [3.63, 3.8) is 0 Å². The van der Waals surface area contributed by atoms with Crippen molar-refractivity contribution in [1.29, 1.82) is 0 Å². The van der Waals surface area contributed by atoms with Crippen molar-refractivity contribution in [2.45, 2.75) is 24.3 Å². The van der Waals surface area contributed by atoms with Crippen LogP contribution in [0.5, 0.6) is 0 Å². The molecule has 162 valence electrons. The third kappa shape index (κ3) is 5.28. The molecule has 0 spiro atoms. The van der Waals surface area contributed by atoms with Crippen LogP contribution < -0.4 is 10.6 Å². The summed E-state index contributed by atoms with van der Waals surface area (Å²) in [6.07, 6.45) is 0.148. The normalized spacial score (nSPS) is 12.5. The topological polar surface area (TPSA) is 95.6 Å². The molecule has 0 heterocycles. The van der Waals surface area contributed by atoms with Gasteiger partial charge in [0, 0.05) is 19.8 Å². The number of nitrogens with one attached hydrogen (secondary N) is 2. The van der Waals surface area contributed by atoms with E-state index in [0.717, 1.165) is 20.6 Å². The van der Waals surface area contributed by atoms with Crippen LogP contribution in [0, 0.1) is 0 Å². The smallest absolute Gasteiger partial charge is 0.246 e. The number of fused-ring (bicyclic) bond motifs is 1. The number of benzene rings is 3. The van der Waals surface area contributed by atoms with Crippen LogP contribution in [0.4, 0.5) is 5.69 Å². The Morgan fingerprint density at radius 3 is 2.39 bits per heavy atom. The molecule has 3 aromatic rings. The van der Waals surface area contributed by atoms with Gasteiger partial charge in [0.05, 0.1) is 11.3 Å². The van der Waals surface area contributed by atoms with Crippen molar-refractivity contribution < 1.29 is 18.0 Å². The van der Waals surface area contributed by atoms with Crippen LogP contribution >= 0.6 is 0 Å². The number of hydrogen-bond donors (Lipinski definition) is 2. The van der Waals surface area contributed by atoms with Gasteiger partial charge in [-0.25, -0.2) is 12.7 Å². The van der Waals surface area contributed by atoms with Crippen molar-refractivity contribution in [2.75, 3.05) is 19.4 Å². The number of sulfonamides is 1. The molecule has 8 heteroatoms. The zero-order chi connectivity index (χ0) is 22.6. The lowest BCUT2D eigenvalue weighted by Crippen LogP contribution is -2.42. The van der Waals surface area contributed by atoms with E-state index >= 15 is 0 Å².